The number of anilines is 1. The summed E-state index contributed by atoms with van der Waals surface area (Å²) in [6.07, 6.45) is 6.98. The highest BCUT2D eigenvalue weighted by atomic mass is 15.1. The van der Waals surface area contributed by atoms with Crippen LogP contribution < -0.4 is 11.1 Å². The van der Waals surface area contributed by atoms with Gasteiger partial charge in [0.25, 0.3) is 0 Å². The van der Waals surface area contributed by atoms with E-state index < -0.39 is 0 Å². The molecule has 0 saturated carbocycles. The van der Waals surface area contributed by atoms with Crippen LogP contribution >= 0.6 is 0 Å². The van der Waals surface area contributed by atoms with Crippen molar-refractivity contribution < 1.29 is 0 Å². The lowest BCUT2D eigenvalue weighted by molar-refractivity contribution is 0.616. The van der Waals surface area contributed by atoms with Crippen LogP contribution in [0.15, 0.2) is 48.5 Å². The fourth-order valence-corrected chi connectivity index (χ4v) is 4.28. The Balaban J connectivity index is 1.63. The Labute approximate surface area is 191 Å². The van der Waals surface area contributed by atoms with Crippen molar-refractivity contribution in [1.29, 1.82) is 0 Å². The second-order valence-corrected chi connectivity index (χ2v) is 8.63. The number of aryl methyl sites for hydroxylation is 1. The van der Waals surface area contributed by atoms with Gasteiger partial charge < -0.3 is 15.6 Å². The van der Waals surface area contributed by atoms with E-state index in [1.807, 2.05) is 12.1 Å². The molecular formula is C27H35N5. The molecule has 2 aromatic carbocycles. The van der Waals surface area contributed by atoms with Crippen LogP contribution in [0.5, 0.6) is 0 Å². The molecule has 0 aliphatic carbocycles. The number of imidazole rings is 1. The van der Waals surface area contributed by atoms with Gasteiger partial charge in [0, 0.05) is 24.9 Å². The van der Waals surface area contributed by atoms with Gasteiger partial charge in [-0.1, -0.05) is 75.6 Å². The zero-order valence-corrected chi connectivity index (χ0v) is 19.4. The predicted molar refractivity (Wildman–Crippen MR) is 135 cm³/mol. The molecule has 5 nitrogen and oxygen atoms in total. The first kappa shape index (κ1) is 22.3. The molecule has 0 bridgehead atoms. The van der Waals surface area contributed by atoms with E-state index in [0.29, 0.717) is 5.82 Å². The van der Waals surface area contributed by atoms with Gasteiger partial charge in [0.1, 0.15) is 11.3 Å². The Hall–Kier alpha value is -2.92. The average molecular weight is 430 g/mol. The number of rotatable bonds is 11. The second-order valence-electron chi connectivity index (χ2n) is 8.63. The molecule has 0 spiro atoms. The van der Waals surface area contributed by atoms with Crippen LogP contribution in [0.25, 0.3) is 21.9 Å². The minimum absolute atomic E-state index is 0.514. The summed E-state index contributed by atoms with van der Waals surface area (Å²) in [6, 6.07) is 17.2. The molecule has 0 aliphatic rings. The second kappa shape index (κ2) is 10.6. The lowest BCUT2D eigenvalue weighted by atomic mass is 10.1. The number of aromatic nitrogens is 3. The largest absolute Gasteiger partial charge is 0.382 e. The number of unbranched alkanes of at least 4 members (excludes halogenated alkanes) is 3. The lowest BCUT2D eigenvalue weighted by Gasteiger charge is -2.12. The molecule has 2 aromatic heterocycles. The summed E-state index contributed by atoms with van der Waals surface area (Å²) < 4.78 is 2.35. The van der Waals surface area contributed by atoms with Gasteiger partial charge in [-0.05, 0) is 36.6 Å². The number of hydrogen-bond acceptors (Lipinski definition) is 4. The number of benzene rings is 2. The highest BCUT2D eigenvalue weighted by Gasteiger charge is 2.17. The molecular weight excluding hydrogens is 394 g/mol. The van der Waals surface area contributed by atoms with Crippen molar-refractivity contribution >= 4 is 27.8 Å². The molecule has 3 N–H and O–H groups in total. The minimum atomic E-state index is 0.514. The molecule has 168 valence electrons. The molecule has 4 aromatic rings. The van der Waals surface area contributed by atoms with E-state index >= 15 is 0 Å². The van der Waals surface area contributed by atoms with E-state index in [2.05, 4.69) is 65.1 Å². The number of nitrogens with two attached hydrogens (primary N) is 1. The molecule has 0 unspecified atom stereocenters. The van der Waals surface area contributed by atoms with E-state index in [0.717, 1.165) is 66.7 Å². The fourth-order valence-electron chi connectivity index (χ4n) is 4.28. The van der Waals surface area contributed by atoms with Crippen molar-refractivity contribution in [1.82, 2.24) is 19.9 Å². The predicted octanol–water partition coefficient (Wildman–Crippen LogP) is 5.84. The summed E-state index contributed by atoms with van der Waals surface area (Å²) in [6.45, 7) is 7.25. The quantitative estimate of drug-likeness (QED) is 0.294. The number of nitrogens with one attached hydrogen (secondary N) is 1. The van der Waals surface area contributed by atoms with Gasteiger partial charge in [0.2, 0.25) is 0 Å². The summed E-state index contributed by atoms with van der Waals surface area (Å²) in [5, 5.41) is 4.66. The smallest absolute Gasteiger partial charge is 0.152 e. The Morgan fingerprint density at radius 2 is 1.62 bits per heavy atom. The molecule has 0 atom stereocenters. The summed E-state index contributed by atoms with van der Waals surface area (Å²) in [5.41, 5.74) is 11.8. The molecule has 2 heterocycles. The van der Waals surface area contributed by atoms with Crippen molar-refractivity contribution in [2.24, 2.45) is 0 Å². The topological polar surface area (TPSA) is 68.8 Å². The van der Waals surface area contributed by atoms with Gasteiger partial charge in [0.15, 0.2) is 5.82 Å². The van der Waals surface area contributed by atoms with E-state index in [1.54, 1.807) is 0 Å². The van der Waals surface area contributed by atoms with Crippen molar-refractivity contribution in [3.8, 4) is 0 Å². The van der Waals surface area contributed by atoms with Crippen LogP contribution in [0.3, 0.4) is 0 Å². The molecule has 4 rings (SSSR count). The molecule has 0 amide bonds. The van der Waals surface area contributed by atoms with Crippen molar-refractivity contribution in [3.05, 3.63) is 65.5 Å². The van der Waals surface area contributed by atoms with Gasteiger partial charge in [-0.25, -0.2) is 9.97 Å². The number of fused-ring (bicyclic) bond motifs is 3. The highest BCUT2D eigenvalue weighted by molar-refractivity contribution is 6.06. The zero-order valence-electron chi connectivity index (χ0n) is 19.4. The summed E-state index contributed by atoms with van der Waals surface area (Å²) in [5.74, 6) is 1.60. The van der Waals surface area contributed by atoms with Crippen molar-refractivity contribution in [2.45, 2.75) is 65.5 Å². The van der Waals surface area contributed by atoms with Crippen LogP contribution in [0.2, 0.25) is 0 Å². The molecule has 0 fully saturated rings. The van der Waals surface area contributed by atoms with Gasteiger partial charge in [0.05, 0.1) is 11.0 Å². The maximum atomic E-state index is 6.33. The SMILES string of the molecule is CCCCCNCc1ccc(Cn2c(CCCC)nc3c(N)nc4ccccc4c32)cc1. The molecule has 0 aliphatic heterocycles. The standard InChI is InChI=1S/C27H35N5/c1-3-5-9-17-29-18-20-13-15-21(16-14-20)19-32-24(12-6-4-2)31-25-26(32)22-10-7-8-11-23(22)30-27(25)28/h7-8,10-11,13-16,29H,3-6,9,12,17-19H2,1-2H3,(H2,28,30). The fraction of sp³-hybridized carbons (Fsp3) is 0.407. The Kier molecular flexibility index (Phi) is 7.38. The molecule has 0 saturated heterocycles. The summed E-state index contributed by atoms with van der Waals surface area (Å²) in [4.78, 5) is 9.54. The first-order valence-corrected chi connectivity index (χ1v) is 12.0. The molecule has 0 radical (unpaired) electrons. The number of pyridine rings is 1. The monoisotopic (exact) mass is 429 g/mol. The van der Waals surface area contributed by atoms with Crippen LogP contribution in [-0.4, -0.2) is 21.1 Å². The number of nitrogen functional groups attached to an aromatic ring is 1. The van der Waals surface area contributed by atoms with Gasteiger partial charge in [-0.15, -0.1) is 0 Å². The third-order valence-electron chi connectivity index (χ3n) is 6.09. The first-order chi connectivity index (χ1) is 15.7. The van der Waals surface area contributed by atoms with E-state index in [1.165, 1.54) is 30.4 Å². The Morgan fingerprint density at radius 1 is 0.875 bits per heavy atom. The van der Waals surface area contributed by atoms with E-state index in [-0.39, 0.29) is 0 Å². The normalized spacial score (nSPS) is 11.6. The number of nitrogens with zero attached hydrogens (tertiary/aromatic N) is 3. The van der Waals surface area contributed by atoms with Gasteiger partial charge >= 0.3 is 0 Å². The lowest BCUT2D eigenvalue weighted by Crippen LogP contribution is -2.14. The first-order valence-electron chi connectivity index (χ1n) is 12.0. The summed E-state index contributed by atoms with van der Waals surface area (Å²) >= 11 is 0. The highest BCUT2D eigenvalue weighted by Crippen LogP contribution is 2.30. The Morgan fingerprint density at radius 3 is 2.41 bits per heavy atom. The summed E-state index contributed by atoms with van der Waals surface area (Å²) in [7, 11) is 0. The van der Waals surface area contributed by atoms with Gasteiger partial charge in [-0.2, -0.15) is 0 Å². The minimum Gasteiger partial charge on any atom is -0.382 e. The number of hydrogen-bond donors (Lipinski definition) is 2. The van der Waals surface area contributed by atoms with Crippen LogP contribution in [0.1, 0.15) is 62.9 Å². The maximum absolute atomic E-state index is 6.33. The third-order valence-corrected chi connectivity index (χ3v) is 6.09. The molecule has 5 heteroatoms. The van der Waals surface area contributed by atoms with Gasteiger partial charge in [-0.3, -0.25) is 0 Å². The number of para-hydroxylation sites is 1. The van der Waals surface area contributed by atoms with Crippen molar-refractivity contribution in [3.63, 3.8) is 0 Å². The van der Waals surface area contributed by atoms with E-state index in [9.17, 15) is 0 Å². The third kappa shape index (κ3) is 4.94. The Bertz CT molecular complexity index is 1160. The van der Waals surface area contributed by atoms with E-state index in [4.69, 9.17) is 10.7 Å². The zero-order chi connectivity index (χ0) is 22.3. The molecule has 32 heavy (non-hydrogen) atoms. The van der Waals surface area contributed by atoms with Crippen LogP contribution in [0.4, 0.5) is 5.82 Å². The van der Waals surface area contributed by atoms with Crippen molar-refractivity contribution in [2.75, 3.05) is 12.3 Å². The van der Waals surface area contributed by atoms with Crippen LogP contribution in [-0.2, 0) is 19.5 Å². The average Bonchev–Trinajstić information content (AvgIpc) is 3.17. The maximum Gasteiger partial charge on any atom is 0.152 e. The van der Waals surface area contributed by atoms with Crippen LogP contribution in [0, 0.1) is 0 Å².